The Balaban J connectivity index is 2.31. The number of rotatable bonds is 1. The molecule has 0 unspecified atom stereocenters. The molecule has 0 saturated carbocycles. The Morgan fingerprint density at radius 1 is 1.62 bits per heavy atom. The average molecular weight is 217 g/mol. The van der Waals surface area contributed by atoms with E-state index in [4.69, 9.17) is 17.3 Å². The third-order valence-electron chi connectivity index (χ3n) is 2.58. The highest BCUT2D eigenvalue weighted by atomic mass is 35.5. The predicted octanol–water partition coefficient (Wildman–Crippen LogP) is 2.36. The largest absolute Gasteiger partial charge is 0.397 e. The van der Waals surface area contributed by atoms with E-state index in [1.54, 1.807) is 11.3 Å². The topological polar surface area (TPSA) is 29.3 Å². The highest BCUT2D eigenvalue weighted by molar-refractivity contribution is 7.17. The summed E-state index contributed by atoms with van der Waals surface area (Å²) in [5, 5.41) is 0. The number of nitrogens with two attached hydrogens (primary N) is 1. The minimum absolute atomic E-state index is 0.767. The Morgan fingerprint density at radius 3 is 3.08 bits per heavy atom. The number of nitrogen functional groups attached to an aromatic ring is 1. The Kier molecular flexibility index (Phi) is 2.49. The Bertz CT molecular complexity index is 322. The van der Waals surface area contributed by atoms with Crippen molar-refractivity contribution in [1.29, 1.82) is 0 Å². The zero-order valence-corrected chi connectivity index (χ0v) is 9.21. The summed E-state index contributed by atoms with van der Waals surface area (Å²) >= 11 is 7.62. The quantitative estimate of drug-likeness (QED) is 0.781. The molecule has 0 bridgehead atoms. The van der Waals surface area contributed by atoms with Crippen LogP contribution in [0, 0.1) is 0 Å². The van der Waals surface area contributed by atoms with Gasteiger partial charge in [-0.25, -0.2) is 0 Å². The van der Waals surface area contributed by atoms with Crippen LogP contribution in [-0.4, -0.2) is 18.0 Å². The molecule has 2 heterocycles. The molecule has 0 aromatic carbocycles. The summed E-state index contributed by atoms with van der Waals surface area (Å²) in [5.74, 6) is 0. The zero-order chi connectivity index (χ0) is 9.42. The lowest BCUT2D eigenvalue weighted by Gasteiger charge is -2.25. The van der Waals surface area contributed by atoms with Gasteiger partial charge in [0.2, 0.25) is 0 Å². The fourth-order valence-corrected chi connectivity index (χ4v) is 3.14. The van der Waals surface area contributed by atoms with Crippen LogP contribution in [0.2, 0.25) is 4.34 Å². The smallest absolute Gasteiger partial charge is 0.116 e. The average Bonchev–Trinajstić information content (AvgIpc) is 2.42. The normalized spacial score (nSPS) is 17.4. The molecule has 0 radical (unpaired) electrons. The molecular weight excluding hydrogens is 204 g/mol. The molecule has 2 N–H and O–H groups in total. The molecule has 0 amide bonds. The fraction of sp³-hybridized carbons (Fsp3) is 0.556. The number of halogens is 1. The molecule has 1 aliphatic rings. The summed E-state index contributed by atoms with van der Waals surface area (Å²) in [5.41, 5.74) is 7.98. The van der Waals surface area contributed by atoms with Crippen molar-refractivity contribution in [3.05, 3.63) is 14.8 Å². The minimum atomic E-state index is 0.767. The van der Waals surface area contributed by atoms with Crippen LogP contribution in [0.1, 0.15) is 17.4 Å². The van der Waals surface area contributed by atoms with Crippen molar-refractivity contribution in [1.82, 2.24) is 4.90 Å². The Hall–Kier alpha value is -0.250. The van der Waals surface area contributed by atoms with Crippen LogP contribution >= 0.6 is 22.9 Å². The van der Waals surface area contributed by atoms with Crippen LogP contribution in [-0.2, 0) is 13.0 Å². The lowest BCUT2D eigenvalue weighted by Crippen LogP contribution is -2.29. The Morgan fingerprint density at radius 2 is 2.38 bits per heavy atom. The van der Waals surface area contributed by atoms with Crippen molar-refractivity contribution in [3.8, 4) is 0 Å². The van der Waals surface area contributed by atoms with Gasteiger partial charge in [-0.2, -0.15) is 0 Å². The summed E-state index contributed by atoms with van der Waals surface area (Å²) in [4.78, 5) is 3.77. The second-order valence-electron chi connectivity index (χ2n) is 3.31. The molecule has 13 heavy (non-hydrogen) atoms. The zero-order valence-electron chi connectivity index (χ0n) is 7.64. The number of anilines is 1. The second-order valence-corrected chi connectivity index (χ2v) is 5.02. The summed E-state index contributed by atoms with van der Waals surface area (Å²) in [6.07, 6.45) is 1.05. The van der Waals surface area contributed by atoms with Crippen LogP contribution < -0.4 is 5.73 Å². The second kappa shape index (κ2) is 3.48. The molecular formula is C9H13ClN2S. The van der Waals surface area contributed by atoms with Crippen LogP contribution in [0.15, 0.2) is 0 Å². The van der Waals surface area contributed by atoms with E-state index < -0.39 is 0 Å². The maximum atomic E-state index is 5.99. The molecule has 0 saturated heterocycles. The lowest BCUT2D eigenvalue weighted by molar-refractivity contribution is 0.272. The highest BCUT2D eigenvalue weighted by Crippen LogP contribution is 2.38. The van der Waals surface area contributed by atoms with E-state index in [2.05, 4.69) is 11.8 Å². The standard InChI is InChI=1S/C9H13ClN2S/c1-2-12-4-3-6-7(5-12)13-9(10)8(6)11/h2-5,11H2,1H3. The number of hydrogen-bond acceptors (Lipinski definition) is 3. The first-order valence-electron chi connectivity index (χ1n) is 4.50. The molecule has 0 atom stereocenters. The molecule has 72 valence electrons. The SMILES string of the molecule is CCN1CCc2c(sc(Cl)c2N)C1. The van der Waals surface area contributed by atoms with Gasteiger partial charge in [0.05, 0.1) is 5.69 Å². The van der Waals surface area contributed by atoms with E-state index in [-0.39, 0.29) is 0 Å². The van der Waals surface area contributed by atoms with Gasteiger partial charge in [-0.3, -0.25) is 4.90 Å². The number of thiophene rings is 1. The van der Waals surface area contributed by atoms with Gasteiger partial charge in [-0.05, 0) is 18.5 Å². The number of fused-ring (bicyclic) bond motifs is 1. The van der Waals surface area contributed by atoms with Gasteiger partial charge in [0.1, 0.15) is 4.34 Å². The van der Waals surface area contributed by atoms with Gasteiger partial charge >= 0.3 is 0 Å². The van der Waals surface area contributed by atoms with E-state index in [1.165, 1.54) is 10.4 Å². The van der Waals surface area contributed by atoms with Crippen molar-refractivity contribution in [2.75, 3.05) is 18.8 Å². The van der Waals surface area contributed by atoms with E-state index in [9.17, 15) is 0 Å². The molecule has 1 aromatic rings. The molecule has 1 aromatic heterocycles. The number of likely N-dealkylation sites (N-methyl/N-ethyl adjacent to an activating group) is 1. The summed E-state index contributed by atoms with van der Waals surface area (Å²) in [6, 6.07) is 0. The van der Waals surface area contributed by atoms with Crippen LogP contribution in [0.3, 0.4) is 0 Å². The first kappa shape index (κ1) is 9.31. The fourth-order valence-electron chi connectivity index (χ4n) is 1.72. The minimum Gasteiger partial charge on any atom is -0.397 e. The first-order valence-corrected chi connectivity index (χ1v) is 5.69. The molecule has 0 aliphatic carbocycles. The molecule has 1 aliphatic heterocycles. The molecule has 2 nitrogen and oxygen atoms in total. The van der Waals surface area contributed by atoms with Crippen molar-refractivity contribution in [2.45, 2.75) is 19.9 Å². The van der Waals surface area contributed by atoms with Crippen molar-refractivity contribution >= 4 is 28.6 Å². The maximum absolute atomic E-state index is 5.99. The van der Waals surface area contributed by atoms with E-state index in [1.807, 2.05) is 0 Å². The summed E-state index contributed by atoms with van der Waals surface area (Å²) < 4.78 is 0.767. The van der Waals surface area contributed by atoms with E-state index >= 15 is 0 Å². The Labute approximate surface area is 87.3 Å². The third kappa shape index (κ3) is 1.56. The van der Waals surface area contributed by atoms with Gasteiger partial charge in [0.15, 0.2) is 0 Å². The van der Waals surface area contributed by atoms with Gasteiger partial charge in [-0.1, -0.05) is 18.5 Å². The van der Waals surface area contributed by atoms with Crippen LogP contribution in [0.4, 0.5) is 5.69 Å². The molecule has 4 heteroatoms. The monoisotopic (exact) mass is 216 g/mol. The molecule has 0 fully saturated rings. The summed E-state index contributed by atoms with van der Waals surface area (Å²) in [7, 11) is 0. The third-order valence-corrected chi connectivity index (χ3v) is 4.03. The summed E-state index contributed by atoms with van der Waals surface area (Å²) in [6.45, 7) is 5.42. The van der Waals surface area contributed by atoms with E-state index in [0.29, 0.717) is 0 Å². The predicted molar refractivity (Wildman–Crippen MR) is 58.4 cm³/mol. The molecule has 2 rings (SSSR count). The lowest BCUT2D eigenvalue weighted by atomic mass is 10.1. The van der Waals surface area contributed by atoms with Crippen molar-refractivity contribution in [2.24, 2.45) is 0 Å². The van der Waals surface area contributed by atoms with Crippen LogP contribution in [0.5, 0.6) is 0 Å². The first-order chi connectivity index (χ1) is 6.22. The van der Waals surface area contributed by atoms with Gasteiger partial charge in [0, 0.05) is 18.0 Å². The van der Waals surface area contributed by atoms with Gasteiger partial charge in [0.25, 0.3) is 0 Å². The number of nitrogens with zero attached hydrogens (tertiary/aromatic N) is 1. The van der Waals surface area contributed by atoms with Crippen molar-refractivity contribution < 1.29 is 0 Å². The van der Waals surface area contributed by atoms with E-state index in [0.717, 1.165) is 36.1 Å². The van der Waals surface area contributed by atoms with Gasteiger partial charge in [-0.15, -0.1) is 11.3 Å². The van der Waals surface area contributed by atoms with Gasteiger partial charge < -0.3 is 5.73 Å². The molecule has 0 spiro atoms. The maximum Gasteiger partial charge on any atom is 0.116 e. The van der Waals surface area contributed by atoms with Crippen molar-refractivity contribution in [3.63, 3.8) is 0 Å². The highest BCUT2D eigenvalue weighted by Gasteiger charge is 2.21. The number of hydrogen-bond donors (Lipinski definition) is 1. The van der Waals surface area contributed by atoms with Crippen LogP contribution in [0.25, 0.3) is 0 Å².